The second kappa shape index (κ2) is 11.7. The molecule has 3 aromatic rings. The van der Waals surface area contributed by atoms with Crippen LogP contribution in [0.1, 0.15) is 30.0 Å². The van der Waals surface area contributed by atoms with Gasteiger partial charge in [-0.15, -0.1) is 0 Å². The highest BCUT2D eigenvalue weighted by Gasteiger charge is 2.41. The summed E-state index contributed by atoms with van der Waals surface area (Å²) in [6, 6.07) is 19.8. The van der Waals surface area contributed by atoms with Gasteiger partial charge in [-0.1, -0.05) is 24.3 Å². The standard InChI is InChI=1S/C29H32N2O6/c1-34-22-12-10-21(11-13-22)31-27(32)16-14-23(28(31)19-9-15-25(36-3)26(17-19)37-4)29(33)30-18-20-7-5-6-8-24(20)35-2/h5-13,15,17,23,28H,14,16,18H2,1-4H3,(H,30,33). The summed E-state index contributed by atoms with van der Waals surface area (Å²) in [4.78, 5) is 28.7. The van der Waals surface area contributed by atoms with Crippen LogP contribution >= 0.6 is 0 Å². The van der Waals surface area contributed by atoms with Gasteiger partial charge in [0, 0.05) is 24.2 Å². The third kappa shape index (κ3) is 5.48. The van der Waals surface area contributed by atoms with Crippen molar-refractivity contribution >= 4 is 17.5 Å². The van der Waals surface area contributed by atoms with Crippen molar-refractivity contribution in [2.75, 3.05) is 33.3 Å². The number of hydrogen-bond acceptors (Lipinski definition) is 6. The monoisotopic (exact) mass is 504 g/mol. The van der Waals surface area contributed by atoms with E-state index in [1.807, 2.05) is 48.5 Å². The van der Waals surface area contributed by atoms with Crippen molar-refractivity contribution in [1.29, 1.82) is 0 Å². The number of benzene rings is 3. The number of nitrogens with zero attached hydrogens (tertiary/aromatic N) is 1. The number of para-hydroxylation sites is 1. The van der Waals surface area contributed by atoms with Gasteiger partial charge in [0.2, 0.25) is 11.8 Å². The van der Waals surface area contributed by atoms with E-state index >= 15 is 0 Å². The number of piperidine rings is 1. The highest BCUT2D eigenvalue weighted by Crippen LogP contribution is 2.42. The molecule has 1 heterocycles. The Hall–Kier alpha value is -4.20. The fraction of sp³-hybridized carbons (Fsp3) is 0.310. The van der Waals surface area contributed by atoms with Crippen molar-refractivity contribution in [2.45, 2.75) is 25.4 Å². The number of ether oxygens (including phenoxy) is 4. The Morgan fingerprint density at radius 2 is 1.57 bits per heavy atom. The van der Waals surface area contributed by atoms with Gasteiger partial charge in [-0.25, -0.2) is 0 Å². The van der Waals surface area contributed by atoms with Gasteiger partial charge < -0.3 is 29.2 Å². The molecule has 0 aromatic heterocycles. The molecule has 37 heavy (non-hydrogen) atoms. The molecular formula is C29H32N2O6. The minimum absolute atomic E-state index is 0.0567. The molecule has 194 valence electrons. The molecule has 1 N–H and O–H groups in total. The second-order valence-corrected chi connectivity index (χ2v) is 8.70. The largest absolute Gasteiger partial charge is 0.497 e. The average Bonchev–Trinajstić information content (AvgIpc) is 2.95. The molecule has 0 spiro atoms. The van der Waals surface area contributed by atoms with Crippen LogP contribution in [-0.2, 0) is 16.1 Å². The molecule has 1 fully saturated rings. The topological polar surface area (TPSA) is 86.3 Å². The molecule has 8 nitrogen and oxygen atoms in total. The molecule has 1 aliphatic rings. The number of nitrogens with one attached hydrogen (secondary N) is 1. The van der Waals surface area contributed by atoms with E-state index in [2.05, 4.69) is 5.32 Å². The molecule has 4 rings (SSSR count). The fourth-order valence-corrected chi connectivity index (χ4v) is 4.79. The van der Waals surface area contributed by atoms with Crippen LogP contribution in [0.25, 0.3) is 0 Å². The third-order valence-corrected chi connectivity index (χ3v) is 6.68. The van der Waals surface area contributed by atoms with E-state index in [0.717, 1.165) is 11.1 Å². The molecular weight excluding hydrogens is 472 g/mol. The lowest BCUT2D eigenvalue weighted by Gasteiger charge is -2.41. The molecule has 1 aliphatic heterocycles. The molecule has 2 amide bonds. The van der Waals surface area contributed by atoms with Crippen molar-refractivity contribution in [3.8, 4) is 23.0 Å². The highest BCUT2D eigenvalue weighted by molar-refractivity contribution is 5.97. The number of methoxy groups -OCH3 is 4. The number of carbonyl (C=O) groups excluding carboxylic acids is 2. The molecule has 2 unspecified atom stereocenters. The summed E-state index contributed by atoms with van der Waals surface area (Å²) < 4.78 is 21.7. The summed E-state index contributed by atoms with van der Waals surface area (Å²) in [5, 5.41) is 3.07. The van der Waals surface area contributed by atoms with Crippen molar-refractivity contribution in [3.63, 3.8) is 0 Å². The van der Waals surface area contributed by atoms with E-state index in [0.29, 0.717) is 41.7 Å². The zero-order chi connectivity index (χ0) is 26.4. The Morgan fingerprint density at radius 1 is 0.865 bits per heavy atom. The van der Waals surface area contributed by atoms with Crippen LogP contribution in [0.2, 0.25) is 0 Å². The van der Waals surface area contributed by atoms with Crippen molar-refractivity contribution in [2.24, 2.45) is 5.92 Å². The van der Waals surface area contributed by atoms with Gasteiger partial charge in [-0.05, 0) is 54.4 Å². The lowest BCUT2D eigenvalue weighted by molar-refractivity contribution is -0.129. The third-order valence-electron chi connectivity index (χ3n) is 6.68. The van der Waals surface area contributed by atoms with Gasteiger partial charge >= 0.3 is 0 Å². The van der Waals surface area contributed by atoms with E-state index in [-0.39, 0.29) is 18.2 Å². The predicted octanol–water partition coefficient (Wildman–Crippen LogP) is 4.52. The normalized spacial score (nSPS) is 17.2. The van der Waals surface area contributed by atoms with E-state index in [1.165, 1.54) is 0 Å². The number of amides is 2. The minimum Gasteiger partial charge on any atom is -0.497 e. The van der Waals surface area contributed by atoms with Gasteiger partial charge in [0.1, 0.15) is 11.5 Å². The Bertz CT molecular complexity index is 1240. The first-order chi connectivity index (χ1) is 18.0. The molecule has 2 atom stereocenters. The molecule has 0 radical (unpaired) electrons. The van der Waals surface area contributed by atoms with Crippen LogP contribution in [0.5, 0.6) is 23.0 Å². The second-order valence-electron chi connectivity index (χ2n) is 8.70. The van der Waals surface area contributed by atoms with Gasteiger partial charge in [-0.3, -0.25) is 9.59 Å². The summed E-state index contributed by atoms with van der Waals surface area (Å²) in [5.41, 5.74) is 2.34. The Labute approximate surface area is 217 Å². The molecule has 3 aromatic carbocycles. The quantitative estimate of drug-likeness (QED) is 0.461. The lowest BCUT2D eigenvalue weighted by Crippen LogP contribution is -2.48. The highest BCUT2D eigenvalue weighted by atomic mass is 16.5. The van der Waals surface area contributed by atoms with Crippen molar-refractivity contribution < 1.29 is 28.5 Å². The maximum Gasteiger partial charge on any atom is 0.227 e. The summed E-state index contributed by atoms with van der Waals surface area (Å²) in [6.07, 6.45) is 0.671. The number of anilines is 1. The van der Waals surface area contributed by atoms with Crippen LogP contribution in [0.15, 0.2) is 66.7 Å². The smallest absolute Gasteiger partial charge is 0.227 e. The Morgan fingerprint density at radius 3 is 2.24 bits per heavy atom. The van der Waals surface area contributed by atoms with Gasteiger partial charge in [0.05, 0.1) is 40.4 Å². The Balaban J connectivity index is 1.71. The summed E-state index contributed by atoms with van der Waals surface area (Å²) >= 11 is 0. The first-order valence-corrected chi connectivity index (χ1v) is 12.1. The number of hydrogen-bond donors (Lipinski definition) is 1. The first-order valence-electron chi connectivity index (χ1n) is 12.1. The van der Waals surface area contributed by atoms with Crippen LogP contribution in [0, 0.1) is 5.92 Å². The average molecular weight is 505 g/mol. The van der Waals surface area contributed by atoms with E-state index in [9.17, 15) is 9.59 Å². The first kappa shape index (κ1) is 25.9. The molecule has 8 heteroatoms. The molecule has 0 aliphatic carbocycles. The Kier molecular flexibility index (Phi) is 8.18. The van der Waals surface area contributed by atoms with Gasteiger partial charge in [0.25, 0.3) is 0 Å². The summed E-state index contributed by atoms with van der Waals surface area (Å²) in [6.45, 7) is 0.314. The van der Waals surface area contributed by atoms with E-state index in [1.54, 1.807) is 51.5 Å². The molecule has 0 bridgehead atoms. The van der Waals surface area contributed by atoms with E-state index in [4.69, 9.17) is 18.9 Å². The number of carbonyl (C=O) groups is 2. The fourth-order valence-electron chi connectivity index (χ4n) is 4.79. The van der Waals surface area contributed by atoms with Crippen LogP contribution in [-0.4, -0.2) is 40.3 Å². The van der Waals surface area contributed by atoms with Crippen LogP contribution < -0.4 is 29.2 Å². The SMILES string of the molecule is COc1ccc(N2C(=O)CCC(C(=O)NCc3ccccc3OC)C2c2ccc(OC)c(OC)c2)cc1. The van der Waals surface area contributed by atoms with Crippen LogP contribution in [0.3, 0.4) is 0 Å². The lowest BCUT2D eigenvalue weighted by atomic mass is 9.83. The summed E-state index contributed by atoms with van der Waals surface area (Å²) in [7, 11) is 6.33. The minimum atomic E-state index is -0.549. The number of rotatable bonds is 9. The van der Waals surface area contributed by atoms with Gasteiger partial charge in [-0.2, -0.15) is 0 Å². The molecule has 1 saturated heterocycles. The van der Waals surface area contributed by atoms with Crippen molar-refractivity contribution in [3.05, 3.63) is 77.9 Å². The zero-order valence-corrected chi connectivity index (χ0v) is 21.5. The molecule has 0 saturated carbocycles. The van der Waals surface area contributed by atoms with E-state index < -0.39 is 12.0 Å². The zero-order valence-electron chi connectivity index (χ0n) is 21.5. The maximum absolute atomic E-state index is 13.7. The van der Waals surface area contributed by atoms with Crippen molar-refractivity contribution in [1.82, 2.24) is 5.32 Å². The maximum atomic E-state index is 13.7. The van der Waals surface area contributed by atoms with Gasteiger partial charge in [0.15, 0.2) is 11.5 Å². The van der Waals surface area contributed by atoms with Crippen LogP contribution in [0.4, 0.5) is 5.69 Å². The predicted molar refractivity (Wildman–Crippen MR) is 140 cm³/mol. The summed E-state index contributed by atoms with van der Waals surface area (Å²) in [5.74, 6) is 1.80.